The van der Waals surface area contributed by atoms with Gasteiger partial charge in [-0.2, -0.15) is 0 Å². The molecule has 7 heteroatoms. The van der Waals surface area contributed by atoms with E-state index in [0.29, 0.717) is 13.1 Å². The molecular weight excluding hydrogens is 552 g/mol. The van der Waals surface area contributed by atoms with Gasteiger partial charge in [-0.15, -0.1) is 0 Å². The van der Waals surface area contributed by atoms with Crippen molar-refractivity contribution in [1.29, 1.82) is 0 Å². The molecule has 0 radical (unpaired) electrons. The molecule has 0 aliphatic carbocycles. The summed E-state index contributed by atoms with van der Waals surface area (Å²) in [5, 5.41) is 0. The summed E-state index contributed by atoms with van der Waals surface area (Å²) in [6, 6.07) is 38.9. The van der Waals surface area contributed by atoms with Crippen LogP contribution < -0.4 is 0 Å². The molecule has 0 atom stereocenters. The van der Waals surface area contributed by atoms with E-state index in [1.807, 2.05) is 61.5 Å². The number of hydrogen-bond donors (Lipinski definition) is 0. The molecule has 5 aromatic carbocycles. The third-order valence-corrected chi connectivity index (χ3v) is 9.64. The van der Waals surface area contributed by atoms with E-state index >= 15 is 0 Å². The summed E-state index contributed by atoms with van der Waals surface area (Å²) in [5.41, 5.74) is 7.44. The lowest BCUT2D eigenvalue weighted by Gasteiger charge is -2.11. The van der Waals surface area contributed by atoms with Gasteiger partial charge in [0.1, 0.15) is 11.6 Å². The zero-order valence-electron chi connectivity index (χ0n) is 24.0. The number of imidazole rings is 2. The number of benzene rings is 5. The molecule has 6 nitrogen and oxygen atoms in total. The highest BCUT2D eigenvalue weighted by Gasteiger charge is 2.22. The summed E-state index contributed by atoms with van der Waals surface area (Å²) in [5.74, 6) is 1.64. The third kappa shape index (κ3) is 5.02. The molecule has 0 aliphatic rings. The van der Waals surface area contributed by atoms with Gasteiger partial charge in [0.25, 0.3) is 0 Å². The standard InChI is InChI=1S/C36H30N4O2S/c1-25-10-9-15-29(20-25)36-38-33-19-17-31(22-35(33)40(36)24-28-13-7-4-8-14-28)43(41,42)30-16-18-32-34(21-30)39(26(2)37-32)23-27-11-5-3-6-12-27/h3-22H,23-24H2,1-2H3. The average Bonchev–Trinajstić information content (AvgIpc) is 3.54. The number of aryl methyl sites for hydroxylation is 2. The van der Waals surface area contributed by atoms with Crippen LogP contribution in [0, 0.1) is 13.8 Å². The smallest absolute Gasteiger partial charge is 0.206 e. The lowest BCUT2D eigenvalue weighted by molar-refractivity contribution is 0.596. The van der Waals surface area contributed by atoms with Gasteiger partial charge in [-0.05, 0) is 67.4 Å². The van der Waals surface area contributed by atoms with E-state index in [4.69, 9.17) is 9.97 Å². The zero-order valence-corrected chi connectivity index (χ0v) is 24.8. The maximum atomic E-state index is 14.1. The molecule has 43 heavy (non-hydrogen) atoms. The first-order chi connectivity index (χ1) is 20.9. The van der Waals surface area contributed by atoms with Gasteiger partial charge in [0, 0.05) is 18.7 Å². The first kappa shape index (κ1) is 26.9. The SMILES string of the molecule is Cc1cccc(-c2nc3ccc(S(=O)(=O)c4ccc5nc(C)n(Cc6ccccc6)c5c4)cc3n2Cc2ccccc2)c1. The molecule has 0 spiro atoms. The Morgan fingerprint density at radius 1 is 0.581 bits per heavy atom. The van der Waals surface area contributed by atoms with Crippen LogP contribution >= 0.6 is 0 Å². The Labute approximate surface area is 250 Å². The highest BCUT2D eigenvalue weighted by molar-refractivity contribution is 7.91. The van der Waals surface area contributed by atoms with Crippen LogP contribution in [-0.2, 0) is 22.9 Å². The monoisotopic (exact) mass is 582 g/mol. The Hall–Kier alpha value is -5.01. The minimum Gasteiger partial charge on any atom is -0.324 e. The molecule has 0 saturated heterocycles. The third-order valence-electron chi connectivity index (χ3n) is 7.89. The van der Waals surface area contributed by atoms with E-state index in [-0.39, 0.29) is 9.79 Å². The van der Waals surface area contributed by atoms with Gasteiger partial charge in [-0.1, -0.05) is 84.4 Å². The van der Waals surface area contributed by atoms with Crippen LogP contribution in [0.5, 0.6) is 0 Å². The molecule has 2 aromatic heterocycles. The van der Waals surface area contributed by atoms with Crippen LogP contribution in [0.2, 0.25) is 0 Å². The van der Waals surface area contributed by atoms with Gasteiger partial charge in [0.05, 0.1) is 31.9 Å². The molecule has 0 fully saturated rings. The fourth-order valence-corrected chi connectivity index (χ4v) is 6.99. The number of aromatic nitrogens is 4. The summed E-state index contributed by atoms with van der Waals surface area (Å²) >= 11 is 0. The number of fused-ring (bicyclic) bond motifs is 2. The van der Waals surface area contributed by atoms with Crippen LogP contribution in [0.4, 0.5) is 0 Å². The van der Waals surface area contributed by atoms with Crippen molar-refractivity contribution in [3.05, 3.63) is 144 Å². The fraction of sp³-hybridized carbons (Fsp3) is 0.111. The van der Waals surface area contributed by atoms with Crippen LogP contribution in [0.1, 0.15) is 22.5 Å². The zero-order chi connectivity index (χ0) is 29.6. The molecule has 0 aliphatic heterocycles. The first-order valence-corrected chi connectivity index (χ1v) is 15.7. The van der Waals surface area contributed by atoms with Gasteiger partial charge < -0.3 is 9.13 Å². The lowest BCUT2D eigenvalue weighted by atomic mass is 10.1. The molecular formula is C36H30N4O2S. The first-order valence-electron chi connectivity index (χ1n) is 14.2. The summed E-state index contributed by atoms with van der Waals surface area (Å²) in [7, 11) is -3.84. The van der Waals surface area contributed by atoms with Crippen LogP contribution in [0.3, 0.4) is 0 Å². The van der Waals surface area contributed by atoms with Crippen molar-refractivity contribution in [3.8, 4) is 11.4 Å². The highest BCUT2D eigenvalue weighted by Crippen LogP contribution is 2.31. The van der Waals surface area contributed by atoms with Crippen LogP contribution in [0.25, 0.3) is 33.5 Å². The van der Waals surface area contributed by atoms with Crippen molar-refractivity contribution < 1.29 is 8.42 Å². The second-order valence-electron chi connectivity index (χ2n) is 10.9. The number of rotatable bonds is 7. The molecule has 0 unspecified atom stereocenters. The highest BCUT2D eigenvalue weighted by atomic mass is 32.2. The molecule has 2 heterocycles. The summed E-state index contributed by atoms with van der Waals surface area (Å²) in [6.45, 7) is 5.18. The largest absolute Gasteiger partial charge is 0.324 e. The second-order valence-corrected chi connectivity index (χ2v) is 12.9. The molecule has 7 aromatic rings. The summed E-state index contributed by atoms with van der Waals surface area (Å²) in [4.78, 5) is 10.1. The number of nitrogens with zero attached hydrogens (tertiary/aromatic N) is 4. The van der Waals surface area contributed by atoms with E-state index in [1.54, 1.807) is 30.3 Å². The van der Waals surface area contributed by atoms with E-state index in [2.05, 4.69) is 52.5 Å². The molecule has 0 amide bonds. The molecule has 212 valence electrons. The lowest BCUT2D eigenvalue weighted by Crippen LogP contribution is -2.05. The molecule has 0 bridgehead atoms. The second kappa shape index (κ2) is 10.7. The Bertz CT molecular complexity index is 2220. The minimum atomic E-state index is -3.84. The van der Waals surface area contributed by atoms with E-state index < -0.39 is 9.84 Å². The van der Waals surface area contributed by atoms with Crippen molar-refractivity contribution in [2.75, 3.05) is 0 Å². The molecule has 7 rings (SSSR count). The quantitative estimate of drug-likeness (QED) is 0.194. The topological polar surface area (TPSA) is 69.8 Å². The van der Waals surface area contributed by atoms with Gasteiger partial charge >= 0.3 is 0 Å². The van der Waals surface area contributed by atoms with E-state index in [9.17, 15) is 8.42 Å². The van der Waals surface area contributed by atoms with Gasteiger partial charge in [0.2, 0.25) is 9.84 Å². The van der Waals surface area contributed by atoms with Crippen LogP contribution in [-0.4, -0.2) is 27.5 Å². The molecule has 0 saturated carbocycles. The van der Waals surface area contributed by atoms with Crippen molar-refractivity contribution >= 4 is 31.9 Å². The van der Waals surface area contributed by atoms with Crippen molar-refractivity contribution in [2.45, 2.75) is 36.7 Å². The Balaban J connectivity index is 1.35. The Morgan fingerprint density at radius 3 is 1.74 bits per heavy atom. The predicted molar refractivity (Wildman–Crippen MR) is 171 cm³/mol. The summed E-state index contributed by atoms with van der Waals surface area (Å²) < 4.78 is 32.4. The van der Waals surface area contributed by atoms with E-state index in [0.717, 1.165) is 56.0 Å². The van der Waals surface area contributed by atoms with E-state index in [1.165, 1.54) is 0 Å². The van der Waals surface area contributed by atoms with Gasteiger partial charge in [-0.25, -0.2) is 18.4 Å². The average molecular weight is 583 g/mol. The minimum absolute atomic E-state index is 0.232. The van der Waals surface area contributed by atoms with Gasteiger partial charge in [0.15, 0.2) is 0 Å². The number of hydrogen-bond acceptors (Lipinski definition) is 4. The van der Waals surface area contributed by atoms with Gasteiger partial charge in [-0.3, -0.25) is 0 Å². The fourth-order valence-electron chi connectivity index (χ4n) is 5.69. The number of sulfone groups is 1. The van der Waals surface area contributed by atoms with Crippen molar-refractivity contribution in [3.63, 3.8) is 0 Å². The van der Waals surface area contributed by atoms with Crippen molar-refractivity contribution in [1.82, 2.24) is 19.1 Å². The maximum Gasteiger partial charge on any atom is 0.206 e. The summed E-state index contributed by atoms with van der Waals surface area (Å²) in [6.07, 6.45) is 0. The Kier molecular flexibility index (Phi) is 6.67. The Morgan fingerprint density at radius 2 is 1.14 bits per heavy atom. The maximum absolute atomic E-state index is 14.1. The predicted octanol–water partition coefficient (Wildman–Crippen LogP) is 7.60. The normalized spacial score (nSPS) is 11.9. The van der Waals surface area contributed by atoms with Crippen LogP contribution in [0.15, 0.2) is 131 Å². The van der Waals surface area contributed by atoms with Crippen molar-refractivity contribution in [2.24, 2.45) is 0 Å². The molecule has 0 N–H and O–H groups in total.